The zero-order chi connectivity index (χ0) is 14.3. The van der Waals surface area contributed by atoms with Crippen molar-refractivity contribution in [2.24, 2.45) is 11.5 Å². The molecule has 0 aromatic carbocycles. The second-order valence-corrected chi connectivity index (χ2v) is 4.86. The minimum Gasteiger partial charge on any atom is -0.351 e. The third-order valence-electron chi connectivity index (χ3n) is 3.52. The van der Waals surface area contributed by atoms with Crippen molar-refractivity contribution in [2.75, 3.05) is 39.3 Å². The van der Waals surface area contributed by atoms with Crippen LogP contribution in [0.5, 0.6) is 0 Å². The number of imide groups is 1. The van der Waals surface area contributed by atoms with E-state index in [4.69, 9.17) is 11.5 Å². The van der Waals surface area contributed by atoms with E-state index in [1.807, 2.05) is 4.90 Å². The lowest BCUT2D eigenvalue weighted by Gasteiger charge is -2.38. The van der Waals surface area contributed by atoms with E-state index in [1.54, 1.807) is 0 Å². The number of piperazine rings is 1. The monoisotopic (exact) mass is 271 g/mol. The highest BCUT2D eigenvalue weighted by Gasteiger charge is 2.23. The summed E-state index contributed by atoms with van der Waals surface area (Å²) in [5.41, 5.74) is 10.5. The number of carbonyl (C=O) groups is 2. The van der Waals surface area contributed by atoms with E-state index in [2.05, 4.69) is 17.1 Å². The van der Waals surface area contributed by atoms with Crippen molar-refractivity contribution in [3.63, 3.8) is 0 Å². The molecule has 1 aliphatic heterocycles. The number of rotatable bonds is 6. The summed E-state index contributed by atoms with van der Waals surface area (Å²) in [6.07, 6.45) is 2.11. The van der Waals surface area contributed by atoms with Crippen molar-refractivity contribution < 1.29 is 9.59 Å². The number of primary amides is 1. The second-order valence-electron chi connectivity index (χ2n) is 4.86. The lowest BCUT2D eigenvalue weighted by Crippen LogP contribution is -2.53. The van der Waals surface area contributed by atoms with Crippen LogP contribution < -0.4 is 16.8 Å². The molecule has 0 aromatic heterocycles. The van der Waals surface area contributed by atoms with Gasteiger partial charge in [-0.1, -0.05) is 6.92 Å². The molecule has 1 aliphatic rings. The van der Waals surface area contributed by atoms with Gasteiger partial charge in [-0.05, 0) is 19.4 Å². The van der Waals surface area contributed by atoms with Gasteiger partial charge in [0, 0.05) is 32.2 Å². The van der Waals surface area contributed by atoms with Crippen LogP contribution in [0.2, 0.25) is 0 Å². The largest absolute Gasteiger partial charge is 0.351 e. The molecule has 0 radical (unpaired) electrons. The van der Waals surface area contributed by atoms with Gasteiger partial charge in [-0.2, -0.15) is 0 Å². The number of nitrogens with zero attached hydrogens (tertiary/aromatic N) is 2. The fraction of sp³-hybridized carbons (Fsp3) is 0.833. The topological polar surface area (TPSA) is 105 Å². The normalized spacial score (nSPS) is 19.1. The minimum absolute atomic E-state index is 0.227. The molecule has 1 rings (SSSR count). The van der Waals surface area contributed by atoms with E-state index in [0.29, 0.717) is 12.6 Å². The summed E-state index contributed by atoms with van der Waals surface area (Å²) in [4.78, 5) is 26.4. The molecule has 0 aliphatic carbocycles. The van der Waals surface area contributed by atoms with E-state index >= 15 is 0 Å². The first-order chi connectivity index (χ1) is 9.06. The predicted octanol–water partition coefficient (Wildman–Crippen LogP) is -1.07. The summed E-state index contributed by atoms with van der Waals surface area (Å²) in [6.45, 7) is 6.63. The maximum atomic E-state index is 11.4. The smallest absolute Gasteiger partial charge is 0.318 e. The molecule has 3 amide bonds. The van der Waals surface area contributed by atoms with Crippen molar-refractivity contribution in [3.8, 4) is 0 Å². The Morgan fingerprint density at radius 1 is 1.26 bits per heavy atom. The van der Waals surface area contributed by atoms with Crippen molar-refractivity contribution in [1.82, 2.24) is 15.1 Å². The molecule has 7 nitrogen and oxygen atoms in total. The third kappa shape index (κ3) is 5.54. The molecule has 0 bridgehead atoms. The van der Waals surface area contributed by atoms with Gasteiger partial charge in [0.1, 0.15) is 0 Å². The van der Waals surface area contributed by atoms with Crippen LogP contribution in [-0.4, -0.2) is 67.0 Å². The first-order valence-corrected chi connectivity index (χ1v) is 6.82. The number of nitrogens with one attached hydrogen (secondary N) is 1. The van der Waals surface area contributed by atoms with Gasteiger partial charge in [-0.3, -0.25) is 19.9 Å². The van der Waals surface area contributed by atoms with Crippen molar-refractivity contribution in [2.45, 2.75) is 25.8 Å². The summed E-state index contributed by atoms with van der Waals surface area (Å²) in [5.74, 6) is -0.338. The Balaban J connectivity index is 2.32. The zero-order valence-corrected chi connectivity index (χ0v) is 11.6. The molecule has 7 heteroatoms. The third-order valence-corrected chi connectivity index (χ3v) is 3.52. The van der Waals surface area contributed by atoms with Gasteiger partial charge in [0.15, 0.2) is 0 Å². The van der Waals surface area contributed by atoms with Crippen molar-refractivity contribution >= 4 is 11.9 Å². The van der Waals surface area contributed by atoms with Gasteiger partial charge in [-0.25, -0.2) is 4.79 Å². The number of carbonyl (C=O) groups excluding carboxylic acids is 2. The molecule has 0 aromatic rings. The van der Waals surface area contributed by atoms with Gasteiger partial charge in [0.25, 0.3) is 0 Å². The summed E-state index contributed by atoms with van der Waals surface area (Å²) in [7, 11) is 0. The minimum atomic E-state index is -0.794. The summed E-state index contributed by atoms with van der Waals surface area (Å²) < 4.78 is 0. The van der Waals surface area contributed by atoms with E-state index < -0.39 is 6.03 Å². The standard InChI is InChI=1S/C12H25N5O2/c1-2-10(3-4-13)17-7-5-16(6-8-17)9-11(18)15-12(14)19/h10H,2-9,13H2,1H3,(H3,14,15,18,19). The average molecular weight is 271 g/mol. The maximum Gasteiger partial charge on any atom is 0.318 e. The fourth-order valence-electron chi connectivity index (χ4n) is 2.50. The highest BCUT2D eigenvalue weighted by molar-refractivity contribution is 5.94. The van der Waals surface area contributed by atoms with Crippen LogP contribution in [-0.2, 0) is 4.79 Å². The van der Waals surface area contributed by atoms with Gasteiger partial charge in [0.2, 0.25) is 5.91 Å². The van der Waals surface area contributed by atoms with Crippen LogP contribution in [0.1, 0.15) is 19.8 Å². The van der Waals surface area contributed by atoms with E-state index in [9.17, 15) is 9.59 Å². The lowest BCUT2D eigenvalue weighted by atomic mass is 10.1. The van der Waals surface area contributed by atoms with Crippen LogP contribution in [0.25, 0.3) is 0 Å². The van der Waals surface area contributed by atoms with E-state index in [-0.39, 0.29) is 12.5 Å². The molecule has 110 valence electrons. The van der Waals surface area contributed by atoms with Crippen LogP contribution >= 0.6 is 0 Å². The van der Waals surface area contributed by atoms with E-state index in [1.165, 1.54) is 0 Å². The maximum absolute atomic E-state index is 11.4. The zero-order valence-electron chi connectivity index (χ0n) is 11.6. The van der Waals surface area contributed by atoms with Crippen LogP contribution in [0.15, 0.2) is 0 Å². The molecule has 1 heterocycles. The van der Waals surface area contributed by atoms with Crippen molar-refractivity contribution in [1.29, 1.82) is 0 Å². The van der Waals surface area contributed by atoms with Crippen LogP contribution in [0, 0.1) is 0 Å². The Bertz CT molecular complexity index is 302. The molecule has 19 heavy (non-hydrogen) atoms. The number of nitrogens with two attached hydrogens (primary N) is 2. The second kappa shape index (κ2) is 8.08. The number of urea groups is 1. The van der Waals surface area contributed by atoms with Crippen LogP contribution in [0.3, 0.4) is 0 Å². The van der Waals surface area contributed by atoms with Gasteiger partial charge in [-0.15, -0.1) is 0 Å². The van der Waals surface area contributed by atoms with E-state index in [0.717, 1.165) is 39.0 Å². The number of amides is 3. The Morgan fingerprint density at radius 3 is 2.37 bits per heavy atom. The molecular weight excluding hydrogens is 246 g/mol. The summed E-state index contributed by atoms with van der Waals surface area (Å²) in [6, 6.07) is -0.260. The molecule has 1 fully saturated rings. The quantitative estimate of drug-likeness (QED) is 0.570. The Hall–Kier alpha value is -1.18. The van der Waals surface area contributed by atoms with Gasteiger partial charge in [0.05, 0.1) is 6.54 Å². The van der Waals surface area contributed by atoms with Gasteiger partial charge < -0.3 is 11.5 Å². The highest BCUT2D eigenvalue weighted by atomic mass is 16.2. The van der Waals surface area contributed by atoms with Crippen LogP contribution in [0.4, 0.5) is 4.79 Å². The Kier molecular flexibility index (Phi) is 6.75. The summed E-state index contributed by atoms with van der Waals surface area (Å²) >= 11 is 0. The molecule has 0 saturated carbocycles. The highest BCUT2D eigenvalue weighted by Crippen LogP contribution is 2.11. The average Bonchev–Trinajstić information content (AvgIpc) is 2.36. The Labute approximate surface area is 114 Å². The molecule has 1 unspecified atom stereocenters. The molecular formula is C12H25N5O2. The SMILES string of the molecule is CCC(CCN)N1CCN(CC(=O)NC(N)=O)CC1. The first kappa shape index (κ1) is 15.9. The van der Waals surface area contributed by atoms with Crippen molar-refractivity contribution in [3.05, 3.63) is 0 Å². The number of hydrogen-bond acceptors (Lipinski definition) is 5. The molecule has 0 spiro atoms. The fourth-order valence-corrected chi connectivity index (χ4v) is 2.50. The number of hydrogen-bond donors (Lipinski definition) is 3. The predicted molar refractivity (Wildman–Crippen MR) is 73.5 cm³/mol. The Morgan fingerprint density at radius 2 is 1.89 bits per heavy atom. The molecule has 5 N–H and O–H groups in total. The summed E-state index contributed by atoms with van der Waals surface area (Å²) in [5, 5.41) is 2.08. The molecule has 1 atom stereocenters. The lowest BCUT2D eigenvalue weighted by molar-refractivity contribution is -0.121. The van der Waals surface area contributed by atoms with Gasteiger partial charge >= 0.3 is 6.03 Å². The molecule has 1 saturated heterocycles. The first-order valence-electron chi connectivity index (χ1n) is 6.82.